The van der Waals surface area contributed by atoms with E-state index in [9.17, 15) is 9.59 Å². The lowest BCUT2D eigenvalue weighted by Gasteiger charge is -2.34. The van der Waals surface area contributed by atoms with Crippen LogP contribution in [0.1, 0.15) is 50.8 Å². The van der Waals surface area contributed by atoms with Gasteiger partial charge in [0.1, 0.15) is 0 Å². The Labute approximate surface area is 151 Å². The SMILES string of the molecule is CC(=O)N[C@H]1CCCN(C(=O)CN[C@@H](c2ccccc2C)C(C)C)C1. The number of piperidine rings is 1. The average molecular weight is 345 g/mol. The topological polar surface area (TPSA) is 61.4 Å². The lowest BCUT2D eigenvalue weighted by atomic mass is 9.92. The molecule has 1 aliphatic heterocycles. The summed E-state index contributed by atoms with van der Waals surface area (Å²) in [7, 11) is 0. The molecule has 0 radical (unpaired) electrons. The van der Waals surface area contributed by atoms with Gasteiger partial charge in [-0.2, -0.15) is 0 Å². The third-order valence-electron chi connectivity index (χ3n) is 4.84. The van der Waals surface area contributed by atoms with Gasteiger partial charge in [0.25, 0.3) is 0 Å². The number of nitrogens with one attached hydrogen (secondary N) is 2. The molecule has 0 saturated carbocycles. The van der Waals surface area contributed by atoms with Gasteiger partial charge in [0, 0.05) is 32.1 Å². The van der Waals surface area contributed by atoms with E-state index in [1.165, 1.54) is 18.1 Å². The van der Waals surface area contributed by atoms with Crippen LogP contribution in [-0.2, 0) is 9.59 Å². The van der Waals surface area contributed by atoms with Crippen LogP contribution in [-0.4, -0.2) is 42.4 Å². The molecule has 1 aromatic carbocycles. The number of aryl methyl sites for hydroxylation is 1. The van der Waals surface area contributed by atoms with Gasteiger partial charge in [-0.25, -0.2) is 0 Å². The summed E-state index contributed by atoms with van der Waals surface area (Å²) in [6.45, 7) is 9.67. The van der Waals surface area contributed by atoms with Crippen LogP contribution in [0.3, 0.4) is 0 Å². The third-order valence-corrected chi connectivity index (χ3v) is 4.84. The van der Waals surface area contributed by atoms with Crippen LogP contribution in [0.15, 0.2) is 24.3 Å². The van der Waals surface area contributed by atoms with Crippen LogP contribution in [0.2, 0.25) is 0 Å². The van der Waals surface area contributed by atoms with E-state index >= 15 is 0 Å². The minimum atomic E-state index is -0.0307. The minimum Gasteiger partial charge on any atom is -0.352 e. The van der Waals surface area contributed by atoms with Crippen molar-refractivity contribution >= 4 is 11.8 Å². The highest BCUT2D eigenvalue weighted by molar-refractivity contribution is 5.78. The van der Waals surface area contributed by atoms with E-state index in [1.807, 2.05) is 17.0 Å². The number of carbonyl (C=O) groups is 2. The highest BCUT2D eigenvalue weighted by Crippen LogP contribution is 2.24. The number of hydrogen-bond donors (Lipinski definition) is 2. The van der Waals surface area contributed by atoms with Crippen LogP contribution in [0.5, 0.6) is 0 Å². The van der Waals surface area contributed by atoms with Gasteiger partial charge in [-0.3, -0.25) is 9.59 Å². The molecule has 138 valence electrons. The molecule has 1 aliphatic rings. The van der Waals surface area contributed by atoms with Gasteiger partial charge in [0.2, 0.25) is 11.8 Å². The van der Waals surface area contributed by atoms with Gasteiger partial charge in [-0.1, -0.05) is 38.1 Å². The summed E-state index contributed by atoms with van der Waals surface area (Å²) >= 11 is 0. The van der Waals surface area contributed by atoms with Crippen LogP contribution in [0.4, 0.5) is 0 Å². The zero-order chi connectivity index (χ0) is 18.4. The molecule has 0 aromatic heterocycles. The van der Waals surface area contributed by atoms with E-state index in [-0.39, 0.29) is 23.9 Å². The molecule has 1 aromatic rings. The first-order valence-corrected chi connectivity index (χ1v) is 9.22. The molecule has 0 unspecified atom stereocenters. The Kier molecular flexibility index (Phi) is 7.00. The summed E-state index contributed by atoms with van der Waals surface area (Å²) in [5.74, 6) is 0.466. The van der Waals surface area contributed by atoms with E-state index in [0.717, 1.165) is 19.4 Å². The normalized spacial score (nSPS) is 18.9. The fraction of sp³-hybridized carbons (Fsp3) is 0.600. The van der Waals surface area contributed by atoms with Gasteiger partial charge in [-0.05, 0) is 36.8 Å². The molecule has 0 bridgehead atoms. The molecule has 5 heteroatoms. The van der Waals surface area contributed by atoms with Crippen molar-refractivity contribution in [3.8, 4) is 0 Å². The molecular weight excluding hydrogens is 314 g/mol. The quantitative estimate of drug-likeness (QED) is 0.832. The molecule has 2 atom stereocenters. The van der Waals surface area contributed by atoms with Gasteiger partial charge in [0.15, 0.2) is 0 Å². The van der Waals surface area contributed by atoms with Crippen molar-refractivity contribution in [3.05, 3.63) is 35.4 Å². The molecule has 1 fully saturated rings. The van der Waals surface area contributed by atoms with Gasteiger partial charge >= 0.3 is 0 Å². The molecule has 2 amide bonds. The Bertz CT molecular complexity index is 600. The first-order chi connectivity index (χ1) is 11.9. The fourth-order valence-corrected chi connectivity index (χ4v) is 3.56. The monoisotopic (exact) mass is 345 g/mol. The summed E-state index contributed by atoms with van der Waals surface area (Å²) < 4.78 is 0. The predicted octanol–water partition coefficient (Wildman–Crippen LogP) is 2.41. The number of carbonyl (C=O) groups excluding carboxylic acids is 2. The summed E-state index contributed by atoms with van der Waals surface area (Å²) in [4.78, 5) is 25.7. The average Bonchev–Trinajstić information content (AvgIpc) is 2.55. The largest absolute Gasteiger partial charge is 0.352 e. The number of hydrogen-bond acceptors (Lipinski definition) is 3. The second-order valence-corrected chi connectivity index (χ2v) is 7.34. The Morgan fingerprint density at radius 2 is 2.00 bits per heavy atom. The number of amides is 2. The lowest BCUT2D eigenvalue weighted by molar-refractivity contribution is -0.132. The van der Waals surface area contributed by atoms with Crippen molar-refractivity contribution in [1.82, 2.24) is 15.5 Å². The van der Waals surface area contributed by atoms with Crippen LogP contribution >= 0.6 is 0 Å². The van der Waals surface area contributed by atoms with Crippen molar-refractivity contribution in [2.45, 2.75) is 52.6 Å². The summed E-state index contributed by atoms with van der Waals surface area (Å²) in [6.07, 6.45) is 1.87. The fourth-order valence-electron chi connectivity index (χ4n) is 3.56. The first-order valence-electron chi connectivity index (χ1n) is 9.22. The maximum Gasteiger partial charge on any atom is 0.236 e. The minimum absolute atomic E-state index is 0.0307. The van der Waals surface area contributed by atoms with Gasteiger partial charge < -0.3 is 15.5 Å². The molecule has 0 spiro atoms. The van der Waals surface area contributed by atoms with Crippen LogP contribution < -0.4 is 10.6 Å². The van der Waals surface area contributed by atoms with Gasteiger partial charge in [-0.15, -0.1) is 0 Å². The van der Waals surface area contributed by atoms with Crippen LogP contribution in [0, 0.1) is 12.8 Å². The van der Waals surface area contributed by atoms with Crippen molar-refractivity contribution < 1.29 is 9.59 Å². The van der Waals surface area contributed by atoms with Crippen molar-refractivity contribution in [2.75, 3.05) is 19.6 Å². The molecule has 2 N–H and O–H groups in total. The maximum atomic E-state index is 12.6. The standard InChI is InChI=1S/C20H31N3O2/c1-14(2)20(18-10-6-5-8-15(18)3)21-12-19(25)23-11-7-9-17(13-23)22-16(4)24/h5-6,8,10,14,17,20-21H,7,9,11-13H2,1-4H3,(H,22,24)/t17-,20+/m0/s1. The van der Waals surface area contributed by atoms with Crippen molar-refractivity contribution in [1.29, 1.82) is 0 Å². The Hall–Kier alpha value is -1.88. The summed E-state index contributed by atoms with van der Waals surface area (Å²) in [5, 5.41) is 6.38. The number of rotatable bonds is 6. The second-order valence-electron chi connectivity index (χ2n) is 7.34. The molecule has 2 rings (SSSR count). The number of nitrogens with zero attached hydrogens (tertiary/aromatic N) is 1. The molecule has 1 heterocycles. The lowest BCUT2D eigenvalue weighted by Crippen LogP contribution is -2.51. The molecule has 25 heavy (non-hydrogen) atoms. The highest BCUT2D eigenvalue weighted by atomic mass is 16.2. The second kappa shape index (κ2) is 8.99. The predicted molar refractivity (Wildman–Crippen MR) is 100 cm³/mol. The zero-order valence-electron chi connectivity index (χ0n) is 15.8. The van der Waals surface area contributed by atoms with E-state index in [4.69, 9.17) is 0 Å². The van der Waals surface area contributed by atoms with E-state index < -0.39 is 0 Å². The highest BCUT2D eigenvalue weighted by Gasteiger charge is 2.25. The first kappa shape index (κ1) is 19.4. The van der Waals surface area contributed by atoms with E-state index in [2.05, 4.69) is 43.5 Å². The van der Waals surface area contributed by atoms with Gasteiger partial charge in [0.05, 0.1) is 6.54 Å². The van der Waals surface area contributed by atoms with Crippen molar-refractivity contribution in [2.24, 2.45) is 5.92 Å². The Morgan fingerprint density at radius 3 is 2.64 bits per heavy atom. The smallest absolute Gasteiger partial charge is 0.236 e. The summed E-state index contributed by atoms with van der Waals surface area (Å²) in [6, 6.07) is 8.55. The molecular formula is C20H31N3O2. The van der Waals surface area contributed by atoms with Crippen LogP contribution in [0.25, 0.3) is 0 Å². The molecule has 5 nitrogen and oxygen atoms in total. The van der Waals surface area contributed by atoms with E-state index in [0.29, 0.717) is 19.0 Å². The Morgan fingerprint density at radius 1 is 1.28 bits per heavy atom. The number of benzene rings is 1. The molecule has 0 aliphatic carbocycles. The zero-order valence-corrected chi connectivity index (χ0v) is 15.8. The maximum absolute atomic E-state index is 12.6. The third kappa shape index (κ3) is 5.56. The summed E-state index contributed by atoms with van der Waals surface area (Å²) in [5.41, 5.74) is 2.49. The number of likely N-dealkylation sites (tertiary alicyclic amines) is 1. The van der Waals surface area contributed by atoms with Crippen molar-refractivity contribution in [3.63, 3.8) is 0 Å². The Balaban J connectivity index is 1.95. The van der Waals surface area contributed by atoms with E-state index in [1.54, 1.807) is 0 Å². The molecule has 1 saturated heterocycles.